The lowest BCUT2D eigenvalue weighted by Gasteiger charge is -2.30. The summed E-state index contributed by atoms with van der Waals surface area (Å²) in [5.74, 6) is 1.87. The van der Waals surface area contributed by atoms with Gasteiger partial charge in [-0.3, -0.25) is 4.57 Å². The van der Waals surface area contributed by atoms with Crippen molar-refractivity contribution in [2.45, 2.75) is 59.6 Å². The van der Waals surface area contributed by atoms with Crippen LogP contribution in [0.3, 0.4) is 0 Å². The van der Waals surface area contributed by atoms with E-state index in [2.05, 4.69) is 0 Å². The second-order valence-electron chi connectivity index (χ2n) is 4.20. The molecule has 94 valence electrons. The summed E-state index contributed by atoms with van der Waals surface area (Å²) in [4.78, 5) is 0. The van der Waals surface area contributed by atoms with E-state index < -0.39 is 7.52 Å². The van der Waals surface area contributed by atoms with Crippen LogP contribution in [-0.2, 0) is 9.09 Å². The molecule has 0 aromatic heterocycles. The number of nitriles is 1. The van der Waals surface area contributed by atoms with Crippen molar-refractivity contribution in [3.8, 4) is 5.81 Å². The lowest BCUT2D eigenvalue weighted by atomic mass is 10.3. The quantitative estimate of drug-likeness (QED) is 0.644. The van der Waals surface area contributed by atoms with Gasteiger partial charge in [0.25, 0.3) is 0 Å². The Labute approximate surface area is 99.1 Å². The molecule has 0 aromatic carbocycles. The van der Waals surface area contributed by atoms with Crippen LogP contribution in [0.5, 0.6) is 0 Å². The number of hydrogen-bond acceptors (Lipinski definition) is 3. The Bertz CT molecular complexity index is 286. The second-order valence-corrected chi connectivity index (χ2v) is 6.17. The Kier molecular flexibility index (Phi) is 6.90. The van der Waals surface area contributed by atoms with Gasteiger partial charge in [-0.25, -0.2) is 4.67 Å². The normalized spacial score (nSPS) is 17.1. The van der Waals surface area contributed by atoms with Crippen LogP contribution < -0.4 is 0 Å². The third-order valence-corrected chi connectivity index (χ3v) is 4.65. The Morgan fingerprint density at radius 3 is 2.25 bits per heavy atom. The molecule has 0 aliphatic carbocycles. The van der Waals surface area contributed by atoms with Crippen molar-refractivity contribution in [3.05, 3.63) is 0 Å². The van der Waals surface area contributed by atoms with Crippen molar-refractivity contribution in [2.75, 3.05) is 6.54 Å². The molecule has 0 aliphatic heterocycles. The minimum absolute atomic E-state index is 0.0505. The zero-order valence-electron chi connectivity index (χ0n) is 10.9. The molecule has 2 unspecified atom stereocenters. The molecule has 2 atom stereocenters. The van der Waals surface area contributed by atoms with Crippen molar-refractivity contribution in [1.29, 1.82) is 5.26 Å². The zero-order chi connectivity index (χ0) is 12.8. The average Bonchev–Trinajstić information content (AvgIpc) is 2.24. The molecule has 0 spiro atoms. The standard InChI is InChI=1S/C11H23N2O2P/c1-6-8-13(10(3)4)16(14,9-12)15-11(5)7-2/h10-11H,6-8H2,1-5H3. The van der Waals surface area contributed by atoms with E-state index in [1.807, 2.05) is 40.4 Å². The van der Waals surface area contributed by atoms with Gasteiger partial charge in [-0.2, -0.15) is 5.26 Å². The lowest BCUT2D eigenvalue weighted by Crippen LogP contribution is -2.30. The topological polar surface area (TPSA) is 53.3 Å². The Morgan fingerprint density at radius 2 is 1.94 bits per heavy atom. The Morgan fingerprint density at radius 1 is 1.38 bits per heavy atom. The van der Waals surface area contributed by atoms with Crippen LogP contribution in [0.15, 0.2) is 0 Å². The van der Waals surface area contributed by atoms with Gasteiger partial charge in [-0.1, -0.05) is 13.8 Å². The third-order valence-electron chi connectivity index (χ3n) is 2.41. The Balaban J connectivity index is 4.90. The summed E-state index contributed by atoms with van der Waals surface area (Å²) in [5, 5.41) is 9.10. The van der Waals surface area contributed by atoms with Crippen molar-refractivity contribution in [2.24, 2.45) is 0 Å². The van der Waals surface area contributed by atoms with Gasteiger partial charge >= 0.3 is 7.52 Å². The maximum absolute atomic E-state index is 12.4. The molecule has 0 aliphatic rings. The van der Waals surface area contributed by atoms with Crippen LogP contribution in [0, 0.1) is 11.1 Å². The van der Waals surface area contributed by atoms with E-state index in [0.717, 1.165) is 12.8 Å². The fourth-order valence-electron chi connectivity index (χ4n) is 1.38. The van der Waals surface area contributed by atoms with E-state index in [0.29, 0.717) is 6.54 Å². The molecule has 0 bridgehead atoms. The van der Waals surface area contributed by atoms with Crippen LogP contribution in [0.2, 0.25) is 0 Å². The van der Waals surface area contributed by atoms with E-state index in [4.69, 9.17) is 9.79 Å². The zero-order valence-corrected chi connectivity index (χ0v) is 11.8. The van der Waals surface area contributed by atoms with Crippen LogP contribution in [-0.4, -0.2) is 23.4 Å². The number of rotatable bonds is 7. The predicted molar refractivity (Wildman–Crippen MR) is 66.2 cm³/mol. The summed E-state index contributed by atoms with van der Waals surface area (Å²) in [5.41, 5.74) is 0. The van der Waals surface area contributed by atoms with Crippen molar-refractivity contribution in [1.82, 2.24) is 4.67 Å². The van der Waals surface area contributed by atoms with Crippen LogP contribution in [0.25, 0.3) is 0 Å². The molecule has 0 saturated carbocycles. The third kappa shape index (κ3) is 4.25. The molecule has 0 N–H and O–H groups in total. The molecule has 0 aromatic rings. The lowest BCUT2D eigenvalue weighted by molar-refractivity contribution is 0.186. The SMILES string of the molecule is CCCN(C(C)C)P(=O)(C#N)OC(C)CC. The summed E-state index contributed by atoms with van der Waals surface area (Å²) in [6.45, 7) is 10.3. The minimum atomic E-state index is -3.32. The van der Waals surface area contributed by atoms with Crippen molar-refractivity contribution >= 4 is 7.52 Å². The second kappa shape index (κ2) is 7.06. The molecule has 4 nitrogen and oxygen atoms in total. The molecule has 5 heteroatoms. The van der Waals surface area contributed by atoms with E-state index in [1.54, 1.807) is 4.67 Å². The van der Waals surface area contributed by atoms with Crippen LogP contribution in [0.4, 0.5) is 0 Å². The molecule has 16 heavy (non-hydrogen) atoms. The van der Waals surface area contributed by atoms with Crippen molar-refractivity contribution in [3.63, 3.8) is 0 Å². The van der Waals surface area contributed by atoms with E-state index in [9.17, 15) is 4.57 Å². The maximum Gasteiger partial charge on any atom is 0.371 e. The van der Waals surface area contributed by atoms with Gasteiger partial charge in [0.05, 0.1) is 6.10 Å². The summed E-state index contributed by atoms with van der Waals surface area (Å²) < 4.78 is 19.5. The van der Waals surface area contributed by atoms with Gasteiger partial charge in [0.1, 0.15) is 0 Å². The Hall–Kier alpha value is -0.360. The summed E-state index contributed by atoms with van der Waals surface area (Å²) in [6, 6.07) is 0.0505. The summed E-state index contributed by atoms with van der Waals surface area (Å²) in [7, 11) is -3.32. The fourth-order valence-corrected chi connectivity index (χ4v) is 3.37. The molecule has 0 rings (SSSR count). The van der Waals surface area contributed by atoms with Gasteiger partial charge in [-0.15, -0.1) is 0 Å². The maximum atomic E-state index is 12.4. The highest BCUT2D eigenvalue weighted by atomic mass is 31.2. The number of hydrogen-bond donors (Lipinski definition) is 0. The molecular weight excluding hydrogens is 223 g/mol. The fraction of sp³-hybridized carbons (Fsp3) is 0.909. The van der Waals surface area contributed by atoms with Gasteiger partial charge in [0.2, 0.25) is 0 Å². The molecule has 0 fully saturated rings. The highest BCUT2D eigenvalue weighted by Gasteiger charge is 2.34. The van der Waals surface area contributed by atoms with E-state index >= 15 is 0 Å². The predicted octanol–water partition coefficient (Wildman–Crippen LogP) is 3.60. The molecule has 0 heterocycles. The first-order valence-corrected chi connectivity index (χ1v) is 7.45. The number of nitrogens with zero attached hydrogens (tertiary/aromatic N) is 2. The van der Waals surface area contributed by atoms with Gasteiger partial charge in [0.15, 0.2) is 5.81 Å². The molecular formula is C11H23N2O2P. The van der Waals surface area contributed by atoms with E-state index in [1.165, 1.54) is 0 Å². The summed E-state index contributed by atoms with van der Waals surface area (Å²) >= 11 is 0. The smallest absolute Gasteiger partial charge is 0.304 e. The van der Waals surface area contributed by atoms with Gasteiger partial charge in [0, 0.05) is 12.6 Å². The monoisotopic (exact) mass is 246 g/mol. The highest BCUT2D eigenvalue weighted by Crippen LogP contribution is 2.52. The first-order valence-electron chi connectivity index (χ1n) is 5.88. The molecule has 0 amide bonds. The van der Waals surface area contributed by atoms with Gasteiger partial charge < -0.3 is 4.52 Å². The average molecular weight is 246 g/mol. The first kappa shape index (κ1) is 15.6. The van der Waals surface area contributed by atoms with E-state index in [-0.39, 0.29) is 12.1 Å². The van der Waals surface area contributed by atoms with Crippen LogP contribution >= 0.6 is 7.52 Å². The minimum Gasteiger partial charge on any atom is -0.304 e. The largest absolute Gasteiger partial charge is 0.371 e. The first-order chi connectivity index (χ1) is 7.41. The van der Waals surface area contributed by atoms with Gasteiger partial charge in [-0.05, 0) is 33.6 Å². The van der Waals surface area contributed by atoms with Crippen LogP contribution in [0.1, 0.15) is 47.5 Å². The molecule has 0 saturated heterocycles. The van der Waals surface area contributed by atoms with Crippen molar-refractivity contribution < 1.29 is 9.09 Å². The highest BCUT2D eigenvalue weighted by molar-refractivity contribution is 7.61. The summed E-state index contributed by atoms with van der Waals surface area (Å²) in [6.07, 6.45) is 1.46. The molecule has 0 radical (unpaired) electrons.